The Morgan fingerprint density at radius 1 is 0.897 bits per heavy atom. The molecule has 29 heavy (non-hydrogen) atoms. The summed E-state index contributed by atoms with van der Waals surface area (Å²) in [6.07, 6.45) is 3.76. The number of nitrogens with zero attached hydrogens (tertiary/aromatic N) is 1. The summed E-state index contributed by atoms with van der Waals surface area (Å²) in [7, 11) is 0. The number of nitrogens with one attached hydrogen (secondary N) is 2. The second-order valence-corrected chi connectivity index (χ2v) is 8.15. The van der Waals surface area contributed by atoms with Crippen LogP contribution >= 0.6 is 0 Å². The highest BCUT2D eigenvalue weighted by atomic mass is 16.2. The molecule has 0 spiro atoms. The fourth-order valence-electron chi connectivity index (χ4n) is 3.59. The van der Waals surface area contributed by atoms with Gasteiger partial charge in [-0.2, -0.15) is 0 Å². The first-order valence-electron chi connectivity index (χ1n) is 10.5. The predicted molar refractivity (Wildman–Crippen MR) is 118 cm³/mol. The Kier molecular flexibility index (Phi) is 6.91. The largest absolute Gasteiger partial charge is 0.372 e. The highest BCUT2D eigenvalue weighted by Crippen LogP contribution is 2.22. The minimum absolute atomic E-state index is 0.0305. The average Bonchev–Trinajstić information content (AvgIpc) is 2.73. The number of benzene rings is 2. The molecule has 1 saturated heterocycles. The second-order valence-electron chi connectivity index (χ2n) is 8.15. The maximum atomic E-state index is 12.8. The number of carbonyl (C=O) groups is 2. The number of rotatable bonds is 6. The van der Waals surface area contributed by atoms with Crippen LogP contribution in [0.15, 0.2) is 48.5 Å². The van der Waals surface area contributed by atoms with Crippen molar-refractivity contribution < 1.29 is 9.59 Å². The summed E-state index contributed by atoms with van der Waals surface area (Å²) in [6.45, 7) is 8.01. The van der Waals surface area contributed by atoms with Crippen molar-refractivity contribution >= 4 is 23.2 Å². The van der Waals surface area contributed by atoms with E-state index >= 15 is 0 Å². The minimum atomic E-state index is -0.606. The SMILES string of the molecule is Cc1ccc(C(=O)NC(C(=O)Nc2ccc(N3CCCCC3)cc2)C(C)C)cc1. The Labute approximate surface area is 173 Å². The van der Waals surface area contributed by atoms with Gasteiger partial charge in [-0.25, -0.2) is 0 Å². The highest BCUT2D eigenvalue weighted by molar-refractivity contribution is 6.01. The molecule has 0 radical (unpaired) electrons. The van der Waals surface area contributed by atoms with E-state index in [4.69, 9.17) is 0 Å². The van der Waals surface area contributed by atoms with Crippen molar-refractivity contribution in [1.82, 2.24) is 5.32 Å². The number of hydrogen-bond donors (Lipinski definition) is 2. The number of piperidine rings is 1. The Bertz CT molecular complexity index is 822. The van der Waals surface area contributed by atoms with Crippen molar-refractivity contribution in [2.24, 2.45) is 5.92 Å². The normalized spacial score (nSPS) is 15.1. The van der Waals surface area contributed by atoms with E-state index in [1.807, 2.05) is 45.0 Å². The molecule has 0 aliphatic carbocycles. The first-order valence-corrected chi connectivity index (χ1v) is 10.5. The number of carbonyl (C=O) groups excluding carboxylic acids is 2. The van der Waals surface area contributed by atoms with Gasteiger partial charge in [0, 0.05) is 30.0 Å². The topological polar surface area (TPSA) is 61.4 Å². The molecule has 3 rings (SSSR count). The van der Waals surface area contributed by atoms with Gasteiger partial charge in [0.25, 0.3) is 5.91 Å². The molecule has 5 nitrogen and oxygen atoms in total. The number of anilines is 2. The monoisotopic (exact) mass is 393 g/mol. The number of aryl methyl sites for hydroxylation is 1. The van der Waals surface area contributed by atoms with Gasteiger partial charge in [-0.1, -0.05) is 31.5 Å². The zero-order valence-corrected chi connectivity index (χ0v) is 17.6. The molecular formula is C24H31N3O2. The Morgan fingerprint density at radius 2 is 1.52 bits per heavy atom. The minimum Gasteiger partial charge on any atom is -0.372 e. The summed E-state index contributed by atoms with van der Waals surface area (Å²) < 4.78 is 0. The summed E-state index contributed by atoms with van der Waals surface area (Å²) in [4.78, 5) is 27.8. The lowest BCUT2D eigenvalue weighted by molar-refractivity contribution is -0.118. The lowest BCUT2D eigenvalue weighted by atomic mass is 10.0. The molecular weight excluding hydrogens is 362 g/mol. The molecule has 2 aromatic carbocycles. The maximum Gasteiger partial charge on any atom is 0.251 e. The van der Waals surface area contributed by atoms with Gasteiger partial charge in [0.15, 0.2) is 0 Å². The lowest BCUT2D eigenvalue weighted by Gasteiger charge is -2.29. The molecule has 1 unspecified atom stereocenters. The second kappa shape index (κ2) is 9.59. The number of hydrogen-bond acceptors (Lipinski definition) is 3. The summed E-state index contributed by atoms with van der Waals surface area (Å²) in [5, 5.41) is 5.82. The molecule has 2 aromatic rings. The Morgan fingerprint density at radius 3 is 2.10 bits per heavy atom. The van der Waals surface area contributed by atoms with Crippen LogP contribution in [0.4, 0.5) is 11.4 Å². The molecule has 154 valence electrons. The van der Waals surface area contributed by atoms with Crippen LogP contribution in [-0.4, -0.2) is 30.9 Å². The van der Waals surface area contributed by atoms with E-state index in [1.165, 1.54) is 24.9 Å². The summed E-state index contributed by atoms with van der Waals surface area (Å²) in [6, 6.07) is 14.7. The van der Waals surface area contributed by atoms with Gasteiger partial charge in [-0.05, 0) is 68.5 Å². The van der Waals surface area contributed by atoms with Crippen LogP contribution in [-0.2, 0) is 4.79 Å². The van der Waals surface area contributed by atoms with E-state index in [-0.39, 0.29) is 17.7 Å². The molecule has 1 heterocycles. The molecule has 2 amide bonds. The third kappa shape index (κ3) is 5.59. The van der Waals surface area contributed by atoms with Gasteiger partial charge in [-0.3, -0.25) is 9.59 Å². The average molecular weight is 394 g/mol. The smallest absolute Gasteiger partial charge is 0.251 e. The lowest BCUT2D eigenvalue weighted by Crippen LogP contribution is -2.47. The Balaban J connectivity index is 1.63. The molecule has 0 bridgehead atoms. The predicted octanol–water partition coefficient (Wildman–Crippen LogP) is 4.38. The summed E-state index contributed by atoms with van der Waals surface area (Å²) >= 11 is 0. The van der Waals surface area contributed by atoms with Crippen molar-refractivity contribution in [3.05, 3.63) is 59.7 Å². The van der Waals surface area contributed by atoms with Crippen LogP contribution in [0.3, 0.4) is 0 Å². The maximum absolute atomic E-state index is 12.8. The molecule has 0 aromatic heterocycles. The van der Waals surface area contributed by atoms with Crippen LogP contribution < -0.4 is 15.5 Å². The van der Waals surface area contributed by atoms with Gasteiger partial charge in [-0.15, -0.1) is 0 Å². The van der Waals surface area contributed by atoms with Crippen molar-refractivity contribution in [2.45, 2.75) is 46.1 Å². The standard InChI is InChI=1S/C24H31N3O2/c1-17(2)22(26-23(28)19-9-7-18(3)8-10-19)24(29)25-20-11-13-21(14-12-20)27-15-5-4-6-16-27/h7-14,17,22H,4-6,15-16H2,1-3H3,(H,25,29)(H,26,28). The highest BCUT2D eigenvalue weighted by Gasteiger charge is 2.25. The van der Waals surface area contributed by atoms with E-state index in [9.17, 15) is 9.59 Å². The van der Waals surface area contributed by atoms with E-state index in [1.54, 1.807) is 12.1 Å². The molecule has 5 heteroatoms. The van der Waals surface area contributed by atoms with Gasteiger partial charge in [0.2, 0.25) is 5.91 Å². The van der Waals surface area contributed by atoms with E-state index in [0.29, 0.717) is 5.56 Å². The fraction of sp³-hybridized carbons (Fsp3) is 0.417. The van der Waals surface area contributed by atoms with Gasteiger partial charge >= 0.3 is 0 Å². The van der Waals surface area contributed by atoms with Crippen molar-refractivity contribution in [3.63, 3.8) is 0 Å². The quantitative estimate of drug-likeness (QED) is 0.766. The van der Waals surface area contributed by atoms with Crippen molar-refractivity contribution in [1.29, 1.82) is 0 Å². The Hall–Kier alpha value is -2.82. The molecule has 1 aliphatic rings. The molecule has 1 aliphatic heterocycles. The first-order chi connectivity index (χ1) is 13.9. The molecule has 1 fully saturated rings. The number of amides is 2. The third-order valence-corrected chi connectivity index (χ3v) is 5.41. The van der Waals surface area contributed by atoms with Crippen LogP contribution in [0.2, 0.25) is 0 Å². The summed E-state index contributed by atoms with van der Waals surface area (Å²) in [5.41, 5.74) is 3.58. The van der Waals surface area contributed by atoms with Gasteiger partial charge in [0.1, 0.15) is 6.04 Å². The molecule has 1 atom stereocenters. The molecule has 0 saturated carbocycles. The zero-order chi connectivity index (χ0) is 20.8. The third-order valence-electron chi connectivity index (χ3n) is 5.41. The van der Waals surface area contributed by atoms with Crippen LogP contribution in [0.5, 0.6) is 0 Å². The molecule has 2 N–H and O–H groups in total. The van der Waals surface area contributed by atoms with Gasteiger partial charge in [0.05, 0.1) is 0 Å². The van der Waals surface area contributed by atoms with Crippen LogP contribution in [0.25, 0.3) is 0 Å². The van der Waals surface area contributed by atoms with E-state index in [0.717, 1.165) is 24.3 Å². The van der Waals surface area contributed by atoms with Crippen molar-refractivity contribution in [3.8, 4) is 0 Å². The summed E-state index contributed by atoms with van der Waals surface area (Å²) in [5.74, 6) is -0.470. The van der Waals surface area contributed by atoms with Crippen molar-refractivity contribution in [2.75, 3.05) is 23.3 Å². The van der Waals surface area contributed by atoms with Crippen LogP contribution in [0, 0.1) is 12.8 Å². The van der Waals surface area contributed by atoms with Gasteiger partial charge < -0.3 is 15.5 Å². The zero-order valence-electron chi connectivity index (χ0n) is 17.6. The fourth-order valence-corrected chi connectivity index (χ4v) is 3.59. The first kappa shape index (κ1) is 20.9. The van der Waals surface area contributed by atoms with E-state index in [2.05, 4.69) is 27.7 Å². The van der Waals surface area contributed by atoms with E-state index < -0.39 is 6.04 Å². The van der Waals surface area contributed by atoms with Crippen LogP contribution in [0.1, 0.15) is 49.0 Å².